The van der Waals surface area contributed by atoms with Crippen LogP contribution in [-0.4, -0.2) is 34.0 Å². The number of fused-ring (bicyclic) bond motifs is 1. The van der Waals surface area contributed by atoms with E-state index in [1.54, 1.807) is 15.6 Å². The average Bonchev–Trinajstić information content (AvgIpc) is 3.25. The van der Waals surface area contributed by atoms with Gasteiger partial charge in [0.25, 0.3) is 0 Å². The van der Waals surface area contributed by atoms with E-state index in [4.69, 9.17) is 4.74 Å². The molecule has 0 amide bonds. The van der Waals surface area contributed by atoms with Crippen molar-refractivity contribution < 1.29 is 27.8 Å². The van der Waals surface area contributed by atoms with Crippen molar-refractivity contribution in [2.45, 2.75) is 25.4 Å². The predicted octanol–water partition coefficient (Wildman–Crippen LogP) is 4.98. The van der Waals surface area contributed by atoms with Crippen LogP contribution in [0.3, 0.4) is 0 Å². The van der Waals surface area contributed by atoms with Crippen LogP contribution in [0, 0.1) is 3.70 Å². The minimum Gasteiger partial charge on any atom is -0.477 e. The number of carboxylic acids is 1. The summed E-state index contributed by atoms with van der Waals surface area (Å²) >= 11 is 1.86. The fraction of sp³-hybridized carbons (Fsp3) is 0.273. The third-order valence-corrected chi connectivity index (χ3v) is 5.94. The molecule has 1 atom stereocenters. The van der Waals surface area contributed by atoms with Gasteiger partial charge < -0.3 is 14.7 Å². The smallest absolute Gasteiger partial charge is 0.416 e. The van der Waals surface area contributed by atoms with Crippen molar-refractivity contribution in [3.8, 4) is 0 Å². The van der Waals surface area contributed by atoms with Crippen LogP contribution < -0.4 is 4.90 Å². The number of carboxylic acid groups (broad SMARTS) is 1. The summed E-state index contributed by atoms with van der Waals surface area (Å²) in [6.45, 7) is 1.19. The number of hydrogen-bond donors (Lipinski definition) is 1. The van der Waals surface area contributed by atoms with Gasteiger partial charge in [0.05, 0.1) is 24.8 Å². The predicted molar refractivity (Wildman–Crippen MR) is 120 cm³/mol. The van der Waals surface area contributed by atoms with Gasteiger partial charge >= 0.3 is 12.1 Å². The van der Waals surface area contributed by atoms with E-state index < -0.39 is 17.7 Å². The zero-order valence-corrected chi connectivity index (χ0v) is 18.9. The highest BCUT2D eigenvalue weighted by atomic mass is 127. The first-order valence-electron chi connectivity index (χ1n) is 9.78. The van der Waals surface area contributed by atoms with Crippen molar-refractivity contribution in [2.24, 2.45) is 0 Å². The number of ether oxygens (including phenoxy) is 1. The zero-order chi connectivity index (χ0) is 22.9. The standard InChI is InChI=1S/C22H19F3IN3O3/c23-22(24,25)16-8-4-7-15(9-16)10-28-11-17(13-32-12-14-5-2-1-3-6-14)29-20(28)18(21(30)31)19(26)27-29/h1-9,17H,10-13H2,(H,30,31)/t17-/m0/s1. The molecule has 6 nitrogen and oxygen atoms in total. The highest BCUT2D eigenvalue weighted by Crippen LogP contribution is 2.37. The summed E-state index contributed by atoms with van der Waals surface area (Å²) in [4.78, 5) is 13.6. The number of nitrogens with zero attached hydrogens (tertiary/aromatic N) is 3. The molecule has 1 aliphatic heterocycles. The topological polar surface area (TPSA) is 67.6 Å². The summed E-state index contributed by atoms with van der Waals surface area (Å²) in [5.74, 6) is -0.747. The lowest BCUT2D eigenvalue weighted by molar-refractivity contribution is -0.137. The Balaban J connectivity index is 1.57. The van der Waals surface area contributed by atoms with Crippen LogP contribution in [0.4, 0.5) is 19.0 Å². The van der Waals surface area contributed by atoms with E-state index in [0.29, 0.717) is 28.2 Å². The quantitative estimate of drug-likeness (QED) is 0.416. The zero-order valence-electron chi connectivity index (χ0n) is 16.7. The van der Waals surface area contributed by atoms with Crippen molar-refractivity contribution >= 4 is 34.4 Å². The second kappa shape index (κ2) is 9.10. The highest BCUT2D eigenvalue weighted by molar-refractivity contribution is 14.1. The molecule has 1 aliphatic rings. The number of hydrogen-bond acceptors (Lipinski definition) is 4. The van der Waals surface area contributed by atoms with Crippen molar-refractivity contribution in [2.75, 3.05) is 18.1 Å². The van der Waals surface area contributed by atoms with E-state index in [9.17, 15) is 23.1 Å². The third-order valence-electron chi connectivity index (χ3n) is 5.18. The third kappa shape index (κ3) is 4.75. The van der Waals surface area contributed by atoms with Gasteiger partial charge in [-0.05, 0) is 45.9 Å². The van der Waals surface area contributed by atoms with Crippen LogP contribution in [0.15, 0.2) is 54.6 Å². The Morgan fingerprint density at radius 3 is 2.56 bits per heavy atom. The molecule has 3 aromatic rings. The molecule has 1 N–H and O–H groups in total. The number of aromatic carboxylic acids is 1. The van der Waals surface area contributed by atoms with E-state index in [0.717, 1.165) is 17.7 Å². The molecule has 2 aromatic carbocycles. The van der Waals surface area contributed by atoms with Gasteiger partial charge in [-0.1, -0.05) is 42.5 Å². The summed E-state index contributed by atoms with van der Waals surface area (Å²) in [5.41, 5.74) is 0.749. The molecule has 1 aromatic heterocycles. The average molecular weight is 557 g/mol. The van der Waals surface area contributed by atoms with E-state index >= 15 is 0 Å². The minimum atomic E-state index is -4.45. The monoisotopic (exact) mass is 557 g/mol. The van der Waals surface area contributed by atoms with Gasteiger partial charge in [-0.3, -0.25) is 0 Å². The molecule has 0 saturated carbocycles. The van der Waals surface area contributed by atoms with Gasteiger partial charge in [0.2, 0.25) is 0 Å². The molecule has 4 rings (SSSR count). The maximum absolute atomic E-state index is 13.1. The molecule has 0 bridgehead atoms. The van der Waals surface area contributed by atoms with E-state index in [2.05, 4.69) is 5.10 Å². The number of halogens is 4. The van der Waals surface area contributed by atoms with Crippen molar-refractivity contribution in [3.05, 3.63) is 80.6 Å². The first kappa shape index (κ1) is 22.6. The second-order valence-electron chi connectivity index (χ2n) is 7.47. The maximum atomic E-state index is 13.1. The van der Waals surface area contributed by atoms with Crippen LogP contribution in [-0.2, 0) is 24.1 Å². The molecule has 0 spiro atoms. The largest absolute Gasteiger partial charge is 0.477 e. The summed E-state index contributed by atoms with van der Waals surface area (Å²) in [7, 11) is 0. The summed E-state index contributed by atoms with van der Waals surface area (Å²) in [6.07, 6.45) is -4.45. The Morgan fingerprint density at radius 1 is 1.16 bits per heavy atom. The van der Waals surface area contributed by atoms with Gasteiger partial charge in [-0.15, -0.1) is 0 Å². The number of anilines is 1. The maximum Gasteiger partial charge on any atom is 0.416 e. The Kier molecular flexibility index (Phi) is 6.42. The van der Waals surface area contributed by atoms with Gasteiger partial charge in [-0.25, -0.2) is 9.48 Å². The minimum absolute atomic E-state index is 0.0446. The molecule has 32 heavy (non-hydrogen) atoms. The van der Waals surface area contributed by atoms with E-state index in [-0.39, 0.29) is 24.8 Å². The molecule has 0 unspecified atom stereocenters. The molecule has 0 radical (unpaired) electrons. The van der Waals surface area contributed by atoms with Crippen LogP contribution in [0.5, 0.6) is 0 Å². The van der Waals surface area contributed by atoms with E-state index in [1.165, 1.54) is 6.07 Å². The van der Waals surface area contributed by atoms with Crippen LogP contribution in [0.2, 0.25) is 0 Å². The fourth-order valence-electron chi connectivity index (χ4n) is 3.77. The SMILES string of the molecule is O=C(O)c1c(I)nn2c1N(Cc1cccc(C(F)(F)F)c1)C[C@H]2COCc1ccccc1. The van der Waals surface area contributed by atoms with Crippen LogP contribution in [0.25, 0.3) is 0 Å². The first-order valence-corrected chi connectivity index (χ1v) is 10.9. The summed E-state index contributed by atoms with van der Waals surface area (Å²) in [6, 6.07) is 14.4. The Morgan fingerprint density at radius 2 is 1.88 bits per heavy atom. The number of rotatable bonds is 7. The van der Waals surface area contributed by atoms with Crippen molar-refractivity contribution in [1.82, 2.24) is 9.78 Å². The van der Waals surface area contributed by atoms with Gasteiger partial charge in [0.15, 0.2) is 0 Å². The Labute approximate surface area is 195 Å². The first-order chi connectivity index (χ1) is 15.2. The lowest BCUT2D eigenvalue weighted by Gasteiger charge is -2.20. The van der Waals surface area contributed by atoms with Gasteiger partial charge in [0.1, 0.15) is 15.1 Å². The molecule has 2 heterocycles. The van der Waals surface area contributed by atoms with Crippen molar-refractivity contribution in [1.29, 1.82) is 0 Å². The molecular weight excluding hydrogens is 538 g/mol. The molecule has 0 fully saturated rings. The van der Waals surface area contributed by atoms with Crippen molar-refractivity contribution in [3.63, 3.8) is 0 Å². The second-order valence-corrected chi connectivity index (χ2v) is 8.49. The summed E-state index contributed by atoms with van der Waals surface area (Å²) < 4.78 is 47.1. The number of alkyl halides is 3. The number of aromatic nitrogens is 2. The highest BCUT2D eigenvalue weighted by Gasteiger charge is 2.37. The van der Waals surface area contributed by atoms with Gasteiger partial charge in [0, 0.05) is 13.1 Å². The van der Waals surface area contributed by atoms with Gasteiger partial charge in [-0.2, -0.15) is 18.3 Å². The summed E-state index contributed by atoms with van der Waals surface area (Å²) in [5, 5.41) is 14.1. The molecule has 0 saturated heterocycles. The number of carbonyl (C=O) groups is 1. The normalized spacial score (nSPS) is 15.8. The molecule has 0 aliphatic carbocycles. The number of benzene rings is 2. The Hall–Kier alpha value is -2.60. The lowest BCUT2D eigenvalue weighted by atomic mass is 10.1. The molecule has 10 heteroatoms. The van der Waals surface area contributed by atoms with Crippen LogP contribution in [0.1, 0.15) is 33.1 Å². The van der Waals surface area contributed by atoms with Crippen LogP contribution >= 0.6 is 22.6 Å². The fourth-order valence-corrected chi connectivity index (χ4v) is 4.48. The lowest BCUT2D eigenvalue weighted by Crippen LogP contribution is -2.25. The molecule has 168 valence electrons. The Bertz CT molecular complexity index is 1120. The van der Waals surface area contributed by atoms with E-state index in [1.807, 2.05) is 52.9 Å². The molecular formula is C22H19F3IN3O3.